The first kappa shape index (κ1) is 15.2. The fourth-order valence-corrected chi connectivity index (χ4v) is 4.19. The van der Waals surface area contributed by atoms with Gasteiger partial charge in [0.05, 0.1) is 6.10 Å². The molecule has 0 saturated heterocycles. The van der Waals surface area contributed by atoms with Gasteiger partial charge in [0, 0.05) is 11.4 Å². The van der Waals surface area contributed by atoms with Gasteiger partial charge in [-0.25, -0.2) is 13.1 Å². The van der Waals surface area contributed by atoms with Crippen LogP contribution < -0.4 is 4.72 Å². The maximum Gasteiger partial charge on any atom is 0.250 e. The van der Waals surface area contributed by atoms with Crippen LogP contribution in [0, 0.1) is 6.92 Å². The predicted octanol–water partition coefficient (Wildman–Crippen LogP) is 1.94. The van der Waals surface area contributed by atoms with Crippen LogP contribution in [0.3, 0.4) is 0 Å². The molecule has 1 heterocycles. The second-order valence-electron chi connectivity index (χ2n) is 4.56. The molecule has 0 aliphatic rings. The predicted molar refractivity (Wildman–Crippen MR) is 80.4 cm³/mol. The Balaban J connectivity index is 1.91. The minimum atomic E-state index is -3.52. The van der Waals surface area contributed by atoms with Crippen molar-refractivity contribution in [3.8, 4) is 0 Å². The summed E-state index contributed by atoms with van der Waals surface area (Å²) in [5, 5.41) is 9.89. The quantitative estimate of drug-likeness (QED) is 0.857. The lowest BCUT2D eigenvalue weighted by Gasteiger charge is -2.11. The Morgan fingerprint density at radius 1 is 1.20 bits per heavy atom. The third kappa shape index (κ3) is 4.14. The van der Waals surface area contributed by atoms with Gasteiger partial charge in [-0.1, -0.05) is 30.3 Å². The fourth-order valence-electron chi connectivity index (χ4n) is 1.79. The molecule has 1 aromatic heterocycles. The number of hydrogen-bond donors (Lipinski definition) is 2. The Morgan fingerprint density at radius 2 is 1.90 bits per heavy atom. The Bertz CT molecular complexity index is 650. The van der Waals surface area contributed by atoms with Gasteiger partial charge in [-0.15, -0.1) is 11.3 Å². The third-order valence-corrected chi connectivity index (χ3v) is 5.72. The number of sulfonamides is 1. The largest absolute Gasteiger partial charge is 0.391 e. The third-order valence-electron chi connectivity index (χ3n) is 2.80. The number of thiophene rings is 1. The second kappa shape index (κ2) is 6.49. The van der Waals surface area contributed by atoms with Crippen molar-refractivity contribution in [1.82, 2.24) is 4.72 Å². The summed E-state index contributed by atoms with van der Waals surface area (Å²) in [4.78, 5) is 0.940. The molecular weight excluding hydrogens is 294 g/mol. The van der Waals surface area contributed by atoms with Crippen LogP contribution in [0.25, 0.3) is 0 Å². The highest BCUT2D eigenvalue weighted by Gasteiger charge is 2.17. The highest BCUT2D eigenvalue weighted by Crippen LogP contribution is 2.20. The van der Waals surface area contributed by atoms with Crippen LogP contribution >= 0.6 is 11.3 Å². The Hall–Kier alpha value is -1.21. The number of hydrogen-bond acceptors (Lipinski definition) is 4. The molecule has 0 aliphatic carbocycles. The standard InChI is InChI=1S/C14H17NO3S2/c1-11-7-8-14(19-11)20(17,18)15-10-13(16)9-12-5-3-2-4-6-12/h2-8,13,15-16H,9-10H2,1H3. The van der Waals surface area contributed by atoms with Crippen molar-refractivity contribution in [1.29, 1.82) is 0 Å². The molecule has 0 bridgehead atoms. The molecule has 0 amide bonds. The van der Waals surface area contributed by atoms with Gasteiger partial charge in [0.2, 0.25) is 10.0 Å². The Kier molecular flexibility index (Phi) is 4.93. The van der Waals surface area contributed by atoms with Gasteiger partial charge in [-0.05, 0) is 31.0 Å². The van der Waals surface area contributed by atoms with Crippen LogP contribution in [-0.2, 0) is 16.4 Å². The van der Waals surface area contributed by atoms with Crippen LogP contribution in [0.2, 0.25) is 0 Å². The van der Waals surface area contributed by atoms with Gasteiger partial charge in [0.25, 0.3) is 0 Å². The maximum absolute atomic E-state index is 12.0. The van der Waals surface area contributed by atoms with Gasteiger partial charge in [-0.2, -0.15) is 0 Å². The van der Waals surface area contributed by atoms with Gasteiger partial charge in [0.1, 0.15) is 4.21 Å². The van der Waals surface area contributed by atoms with Crippen LogP contribution in [0.4, 0.5) is 0 Å². The normalized spacial score (nSPS) is 13.3. The number of aliphatic hydroxyl groups excluding tert-OH is 1. The first-order valence-corrected chi connectivity index (χ1v) is 8.55. The highest BCUT2D eigenvalue weighted by atomic mass is 32.2. The molecule has 0 saturated carbocycles. The maximum atomic E-state index is 12.0. The average Bonchev–Trinajstić information content (AvgIpc) is 2.85. The number of aryl methyl sites for hydroxylation is 1. The summed E-state index contributed by atoms with van der Waals surface area (Å²) in [6.07, 6.45) is -0.319. The molecule has 4 nitrogen and oxygen atoms in total. The van der Waals surface area contributed by atoms with Crippen molar-refractivity contribution < 1.29 is 13.5 Å². The lowest BCUT2D eigenvalue weighted by Crippen LogP contribution is -2.32. The number of benzene rings is 1. The number of nitrogens with one attached hydrogen (secondary N) is 1. The van der Waals surface area contributed by atoms with E-state index < -0.39 is 16.1 Å². The zero-order valence-corrected chi connectivity index (χ0v) is 12.7. The van der Waals surface area contributed by atoms with E-state index in [9.17, 15) is 13.5 Å². The van der Waals surface area contributed by atoms with Crippen LogP contribution in [0.5, 0.6) is 0 Å². The summed E-state index contributed by atoms with van der Waals surface area (Å²) < 4.78 is 26.7. The molecule has 0 radical (unpaired) electrons. The topological polar surface area (TPSA) is 66.4 Å². The van der Waals surface area contributed by atoms with E-state index in [-0.39, 0.29) is 10.8 Å². The highest BCUT2D eigenvalue weighted by molar-refractivity contribution is 7.91. The average molecular weight is 311 g/mol. The number of rotatable bonds is 6. The summed E-state index contributed by atoms with van der Waals surface area (Å²) in [6, 6.07) is 12.8. The van der Waals surface area contributed by atoms with Gasteiger partial charge < -0.3 is 5.11 Å². The van der Waals surface area contributed by atoms with E-state index in [0.29, 0.717) is 6.42 Å². The van der Waals surface area contributed by atoms with Crippen LogP contribution in [0.15, 0.2) is 46.7 Å². The SMILES string of the molecule is Cc1ccc(S(=O)(=O)NCC(O)Cc2ccccc2)s1. The first-order chi connectivity index (χ1) is 9.47. The van der Waals surface area contributed by atoms with E-state index >= 15 is 0 Å². The first-order valence-electron chi connectivity index (χ1n) is 6.25. The van der Waals surface area contributed by atoms with E-state index in [2.05, 4.69) is 4.72 Å². The summed E-state index contributed by atoms with van der Waals surface area (Å²) >= 11 is 1.22. The van der Waals surface area contributed by atoms with Crippen LogP contribution in [-0.4, -0.2) is 26.2 Å². The van der Waals surface area contributed by atoms with Crippen molar-refractivity contribution >= 4 is 21.4 Å². The van der Waals surface area contributed by atoms with E-state index in [0.717, 1.165) is 10.4 Å². The molecule has 108 valence electrons. The van der Waals surface area contributed by atoms with Crippen molar-refractivity contribution in [2.24, 2.45) is 0 Å². The molecule has 1 unspecified atom stereocenters. The molecule has 2 aromatic rings. The molecular formula is C14H17NO3S2. The fraction of sp³-hybridized carbons (Fsp3) is 0.286. The molecule has 1 aromatic carbocycles. The minimum absolute atomic E-state index is 0.00811. The Labute approximate surface area is 123 Å². The molecule has 2 N–H and O–H groups in total. The van der Waals surface area contributed by atoms with Crippen molar-refractivity contribution in [3.05, 3.63) is 52.9 Å². The van der Waals surface area contributed by atoms with Crippen LogP contribution in [0.1, 0.15) is 10.4 Å². The van der Waals surface area contributed by atoms with Crippen molar-refractivity contribution in [2.45, 2.75) is 23.7 Å². The monoisotopic (exact) mass is 311 g/mol. The minimum Gasteiger partial charge on any atom is -0.391 e. The summed E-state index contributed by atoms with van der Waals surface area (Å²) in [6.45, 7) is 1.86. The molecule has 0 fully saturated rings. The second-order valence-corrected chi connectivity index (χ2v) is 7.84. The van der Waals surface area contributed by atoms with E-state index in [1.54, 1.807) is 12.1 Å². The van der Waals surface area contributed by atoms with Gasteiger partial charge >= 0.3 is 0 Å². The van der Waals surface area contributed by atoms with E-state index in [1.807, 2.05) is 37.3 Å². The molecule has 0 aliphatic heterocycles. The Morgan fingerprint density at radius 3 is 2.50 bits per heavy atom. The van der Waals surface area contributed by atoms with E-state index in [4.69, 9.17) is 0 Å². The molecule has 6 heteroatoms. The number of aliphatic hydroxyl groups is 1. The lowest BCUT2D eigenvalue weighted by atomic mass is 10.1. The lowest BCUT2D eigenvalue weighted by molar-refractivity contribution is 0.179. The van der Waals surface area contributed by atoms with Gasteiger partial charge in [0.15, 0.2) is 0 Å². The molecule has 1 atom stereocenters. The zero-order chi connectivity index (χ0) is 14.6. The zero-order valence-electron chi connectivity index (χ0n) is 11.1. The molecule has 20 heavy (non-hydrogen) atoms. The smallest absolute Gasteiger partial charge is 0.250 e. The van der Waals surface area contributed by atoms with E-state index in [1.165, 1.54) is 11.3 Å². The summed E-state index contributed by atoms with van der Waals surface area (Å²) in [5.41, 5.74) is 0.978. The van der Waals surface area contributed by atoms with Gasteiger partial charge in [-0.3, -0.25) is 0 Å². The molecule has 0 spiro atoms. The molecule has 2 rings (SSSR count). The summed E-state index contributed by atoms with van der Waals surface area (Å²) in [5.74, 6) is 0. The van der Waals surface area contributed by atoms with Crippen molar-refractivity contribution in [2.75, 3.05) is 6.54 Å². The van der Waals surface area contributed by atoms with Crippen molar-refractivity contribution in [3.63, 3.8) is 0 Å². The summed E-state index contributed by atoms with van der Waals surface area (Å²) in [7, 11) is -3.52.